The smallest absolute Gasteiger partial charge is 0.201 e. The zero-order valence-corrected chi connectivity index (χ0v) is 10.0. The van der Waals surface area contributed by atoms with E-state index in [1.807, 2.05) is 28.8 Å². The lowest BCUT2D eigenvalue weighted by atomic mass is 10.3. The molecule has 0 fully saturated rings. The summed E-state index contributed by atoms with van der Waals surface area (Å²) in [5, 5.41) is 9.68. The van der Waals surface area contributed by atoms with Gasteiger partial charge in [0.15, 0.2) is 11.9 Å². The van der Waals surface area contributed by atoms with Crippen molar-refractivity contribution < 1.29 is 4.79 Å². The minimum absolute atomic E-state index is 0.561. The maximum atomic E-state index is 10.5. The van der Waals surface area contributed by atoms with Crippen LogP contribution < -0.4 is 0 Å². The van der Waals surface area contributed by atoms with Crippen LogP contribution in [0.5, 0.6) is 0 Å². The number of aldehydes is 1. The molecule has 0 amide bonds. The fraction of sp³-hybridized carbons (Fsp3) is 0. The lowest BCUT2D eigenvalue weighted by Crippen LogP contribution is -1.88. The van der Waals surface area contributed by atoms with Gasteiger partial charge in [0.25, 0.3) is 0 Å². The number of carbonyl (C=O) groups is 1. The number of aromatic nitrogens is 4. The molecule has 0 aliphatic heterocycles. The maximum Gasteiger partial charge on any atom is 0.201 e. The quantitative estimate of drug-likeness (QED) is 0.671. The number of hydrogen-bond donors (Lipinski definition) is 0. The van der Waals surface area contributed by atoms with Gasteiger partial charge in [0.05, 0.1) is 0 Å². The normalized spacial score (nSPS) is 10.7. The molecule has 0 atom stereocenters. The van der Waals surface area contributed by atoms with Crippen LogP contribution in [-0.4, -0.2) is 25.9 Å². The second-order valence-corrected chi connectivity index (χ2v) is 4.55. The molecule has 3 rings (SSSR count). The molecule has 18 heavy (non-hydrogen) atoms. The molecular weight excluding hydrogens is 248 g/mol. The van der Waals surface area contributed by atoms with E-state index in [1.54, 1.807) is 18.3 Å². The Kier molecular flexibility index (Phi) is 2.77. The molecule has 0 unspecified atom stereocenters. The van der Waals surface area contributed by atoms with Crippen molar-refractivity contribution >= 4 is 23.7 Å². The monoisotopic (exact) mass is 256 g/mol. The number of hydrogen-bond acceptors (Lipinski definition) is 5. The molecule has 5 nitrogen and oxygen atoms in total. The summed E-state index contributed by atoms with van der Waals surface area (Å²) < 4.78 is 1.89. The number of fused-ring (bicyclic) bond motifs is 1. The van der Waals surface area contributed by atoms with E-state index in [1.165, 1.54) is 11.8 Å². The second-order valence-electron chi connectivity index (χ2n) is 3.56. The highest BCUT2D eigenvalue weighted by Crippen LogP contribution is 2.24. The van der Waals surface area contributed by atoms with Crippen LogP contribution in [0, 0.1) is 0 Å². The van der Waals surface area contributed by atoms with Crippen LogP contribution in [-0.2, 0) is 0 Å². The van der Waals surface area contributed by atoms with Crippen LogP contribution in [0.3, 0.4) is 0 Å². The summed E-state index contributed by atoms with van der Waals surface area (Å²) in [5.74, 6) is 0. The van der Waals surface area contributed by atoms with Gasteiger partial charge in [0.2, 0.25) is 5.16 Å². The SMILES string of the molecule is O=Cc1ccc(Sc2nnc3ccccn23)nc1. The zero-order valence-electron chi connectivity index (χ0n) is 9.22. The standard InChI is InChI=1S/C12H8N4OS/c17-8-9-4-5-11(13-7-9)18-12-15-14-10-3-1-2-6-16(10)12/h1-8H. The van der Waals surface area contributed by atoms with Gasteiger partial charge in [-0.3, -0.25) is 9.20 Å². The van der Waals surface area contributed by atoms with Crippen LogP contribution in [0.2, 0.25) is 0 Å². The zero-order chi connectivity index (χ0) is 12.4. The Morgan fingerprint density at radius 2 is 2.11 bits per heavy atom. The topological polar surface area (TPSA) is 60.2 Å². The Labute approximate surface area is 107 Å². The minimum atomic E-state index is 0.561. The molecular formula is C12H8N4OS. The lowest BCUT2D eigenvalue weighted by molar-refractivity contribution is 0.112. The molecule has 0 aromatic carbocycles. The van der Waals surface area contributed by atoms with E-state index in [9.17, 15) is 4.79 Å². The Morgan fingerprint density at radius 3 is 2.89 bits per heavy atom. The average Bonchev–Trinajstić information content (AvgIpc) is 2.83. The van der Waals surface area contributed by atoms with E-state index in [4.69, 9.17) is 0 Å². The molecule has 0 saturated heterocycles. The predicted molar refractivity (Wildman–Crippen MR) is 66.7 cm³/mol. The van der Waals surface area contributed by atoms with E-state index in [2.05, 4.69) is 15.2 Å². The third kappa shape index (κ3) is 1.98. The predicted octanol–water partition coefficient (Wildman–Crippen LogP) is 2.09. The first kappa shape index (κ1) is 10.9. The summed E-state index contributed by atoms with van der Waals surface area (Å²) in [5.41, 5.74) is 1.36. The van der Waals surface area contributed by atoms with Gasteiger partial charge in [-0.05, 0) is 36.0 Å². The maximum absolute atomic E-state index is 10.5. The van der Waals surface area contributed by atoms with E-state index in [-0.39, 0.29) is 0 Å². The number of pyridine rings is 2. The van der Waals surface area contributed by atoms with Crippen molar-refractivity contribution in [2.45, 2.75) is 10.2 Å². The van der Waals surface area contributed by atoms with E-state index < -0.39 is 0 Å². The van der Waals surface area contributed by atoms with Crippen LogP contribution >= 0.6 is 11.8 Å². The lowest BCUT2D eigenvalue weighted by Gasteiger charge is -1.99. The molecule has 0 bridgehead atoms. The Morgan fingerprint density at radius 1 is 1.17 bits per heavy atom. The van der Waals surface area contributed by atoms with Crippen molar-refractivity contribution in [2.75, 3.05) is 0 Å². The molecule has 0 saturated carbocycles. The molecule has 3 aromatic rings. The molecule has 0 aliphatic carbocycles. The fourth-order valence-corrected chi connectivity index (χ4v) is 2.27. The third-order valence-corrected chi connectivity index (χ3v) is 3.29. The first-order valence-corrected chi connectivity index (χ1v) is 6.07. The second kappa shape index (κ2) is 4.58. The molecule has 3 aromatic heterocycles. The van der Waals surface area contributed by atoms with E-state index in [0.29, 0.717) is 5.56 Å². The van der Waals surface area contributed by atoms with Crippen LogP contribution in [0.25, 0.3) is 5.65 Å². The average molecular weight is 256 g/mol. The summed E-state index contributed by atoms with van der Waals surface area (Å²) in [4.78, 5) is 14.7. The van der Waals surface area contributed by atoms with E-state index >= 15 is 0 Å². The van der Waals surface area contributed by atoms with Crippen LogP contribution in [0.4, 0.5) is 0 Å². The Balaban J connectivity index is 1.93. The molecule has 88 valence electrons. The molecule has 0 aliphatic rings. The fourth-order valence-electron chi connectivity index (χ4n) is 1.50. The molecule has 3 heterocycles. The highest BCUT2D eigenvalue weighted by Gasteiger charge is 2.07. The van der Waals surface area contributed by atoms with Gasteiger partial charge in [0, 0.05) is 18.0 Å². The largest absolute Gasteiger partial charge is 0.298 e. The first-order valence-electron chi connectivity index (χ1n) is 5.26. The van der Waals surface area contributed by atoms with Gasteiger partial charge in [-0.15, -0.1) is 10.2 Å². The molecule has 6 heteroatoms. The van der Waals surface area contributed by atoms with Gasteiger partial charge in [-0.2, -0.15) is 0 Å². The van der Waals surface area contributed by atoms with Crippen molar-refractivity contribution in [1.82, 2.24) is 19.6 Å². The number of nitrogens with zero attached hydrogens (tertiary/aromatic N) is 4. The Bertz CT molecular complexity index is 693. The minimum Gasteiger partial charge on any atom is -0.298 e. The van der Waals surface area contributed by atoms with Crippen molar-refractivity contribution in [2.24, 2.45) is 0 Å². The molecule has 0 N–H and O–H groups in total. The molecule has 0 radical (unpaired) electrons. The Hall–Kier alpha value is -2.21. The summed E-state index contributed by atoms with van der Waals surface area (Å²) in [6.45, 7) is 0. The van der Waals surface area contributed by atoms with Crippen molar-refractivity contribution in [3.63, 3.8) is 0 Å². The van der Waals surface area contributed by atoms with Crippen LogP contribution in [0.15, 0.2) is 52.9 Å². The van der Waals surface area contributed by atoms with Crippen LogP contribution in [0.1, 0.15) is 10.4 Å². The highest BCUT2D eigenvalue weighted by atomic mass is 32.2. The van der Waals surface area contributed by atoms with Crippen molar-refractivity contribution in [3.8, 4) is 0 Å². The third-order valence-electron chi connectivity index (χ3n) is 2.37. The van der Waals surface area contributed by atoms with Crippen molar-refractivity contribution in [1.29, 1.82) is 0 Å². The summed E-state index contributed by atoms with van der Waals surface area (Å²) in [6.07, 6.45) is 4.21. The van der Waals surface area contributed by atoms with E-state index in [0.717, 1.165) is 22.1 Å². The van der Waals surface area contributed by atoms with Gasteiger partial charge in [0.1, 0.15) is 5.03 Å². The van der Waals surface area contributed by atoms with Gasteiger partial charge < -0.3 is 0 Å². The number of carbonyl (C=O) groups excluding carboxylic acids is 1. The van der Waals surface area contributed by atoms with Gasteiger partial charge >= 0.3 is 0 Å². The van der Waals surface area contributed by atoms with Gasteiger partial charge in [-0.1, -0.05) is 6.07 Å². The highest BCUT2D eigenvalue weighted by molar-refractivity contribution is 7.99. The summed E-state index contributed by atoms with van der Waals surface area (Å²) in [6, 6.07) is 9.24. The summed E-state index contributed by atoms with van der Waals surface area (Å²) in [7, 11) is 0. The first-order chi connectivity index (χ1) is 8.86. The molecule has 0 spiro atoms. The summed E-state index contributed by atoms with van der Waals surface area (Å²) >= 11 is 1.41. The van der Waals surface area contributed by atoms with Crippen molar-refractivity contribution in [3.05, 3.63) is 48.3 Å². The number of rotatable bonds is 3. The van der Waals surface area contributed by atoms with Gasteiger partial charge in [-0.25, -0.2) is 4.98 Å².